The fraction of sp³-hybridized carbons (Fsp3) is 0.0625. The zero-order valence-electron chi connectivity index (χ0n) is 12.7. The Morgan fingerprint density at radius 1 is 1.12 bits per heavy atom. The maximum absolute atomic E-state index is 12.0. The molecule has 0 aromatic heterocycles. The van der Waals surface area contributed by atoms with Crippen molar-refractivity contribution >= 4 is 56.7 Å². The van der Waals surface area contributed by atoms with Crippen LogP contribution in [0.15, 0.2) is 53.0 Å². The third-order valence-electron chi connectivity index (χ3n) is 2.81. The highest BCUT2D eigenvalue weighted by molar-refractivity contribution is 9.10. The Balaban J connectivity index is 1.72. The minimum Gasteiger partial charge on any atom is -0.484 e. The van der Waals surface area contributed by atoms with Gasteiger partial charge in [0.2, 0.25) is 0 Å². The number of halogens is 2. The Labute approximate surface area is 163 Å². The number of thiocarbonyl (C=S) groups is 1. The van der Waals surface area contributed by atoms with E-state index in [4.69, 9.17) is 28.6 Å². The fourth-order valence-corrected chi connectivity index (χ4v) is 2.28. The van der Waals surface area contributed by atoms with Crippen LogP contribution in [0.1, 0.15) is 10.4 Å². The number of hydrogen-bond donors (Lipinski definition) is 3. The predicted octanol–water partition coefficient (Wildman–Crippen LogP) is 2.82. The van der Waals surface area contributed by atoms with Crippen LogP contribution in [0.4, 0.5) is 0 Å². The summed E-state index contributed by atoms with van der Waals surface area (Å²) >= 11 is 14.1. The van der Waals surface area contributed by atoms with Crippen LogP contribution in [-0.2, 0) is 4.79 Å². The van der Waals surface area contributed by atoms with Crippen LogP contribution in [0, 0.1) is 0 Å². The highest BCUT2D eigenvalue weighted by atomic mass is 79.9. The first kappa shape index (κ1) is 19.2. The van der Waals surface area contributed by atoms with Crippen molar-refractivity contribution in [3.05, 3.63) is 63.6 Å². The average Bonchev–Trinajstić information content (AvgIpc) is 2.59. The van der Waals surface area contributed by atoms with E-state index in [1.807, 2.05) is 0 Å². The maximum Gasteiger partial charge on any atom is 0.276 e. The van der Waals surface area contributed by atoms with Crippen molar-refractivity contribution in [2.24, 2.45) is 0 Å². The molecule has 0 spiro atoms. The number of rotatable bonds is 4. The smallest absolute Gasteiger partial charge is 0.276 e. The summed E-state index contributed by atoms with van der Waals surface area (Å²) in [6.07, 6.45) is 0. The first-order chi connectivity index (χ1) is 11.9. The molecule has 25 heavy (non-hydrogen) atoms. The minimum atomic E-state index is -0.456. The molecule has 0 saturated heterocycles. The van der Waals surface area contributed by atoms with Crippen molar-refractivity contribution in [1.29, 1.82) is 0 Å². The molecule has 9 heteroatoms. The molecule has 130 valence electrons. The van der Waals surface area contributed by atoms with Gasteiger partial charge >= 0.3 is 0 Å². The summed E-state index contributed by atoms with van der Waals surface area (Å²) in [4.78, 5) is 23.6. The van der Waals surface area contributed by atoms with Crippen molar-refractivity contribution in [3.63, 3.8) is 0 Å². The predicted molar refractivity (Wildman–Crippen MR) is 102 cm³/mol. The van der Waals surface area contributed by atoms with E-state index in [0.717, 1.165) is 4.47 Å². The molecule has 2 aromatic rings. The minimum absolute atomic E-state index is 0.0537. The van der Waals surface area contributed by atoms with Gasteiger partial charge in [-0.1, -0.05) is 33.6 Å². The molecule has 0 aliphatic rings. The molecule has 0 aliphatic carbocycles. The van der Waals surface area contributed by atoms with Crippen molar-refractivity contribution in [2.45, 2.75) is 0 Å². The molecule has 0 fully saturated rings. The molecular formula is C16H13BrClN3O3S. The molecule has 2 rings (SSSR count). The summed E-state index contributed by atoms with van der Waals surface area (Å²) < 4.78 is 6.21. The van der Waals surface area contributed by atoms with E-state index in [2.05, 4.69) is 32.1 Å². The number of ether oxygens (including phenoxy) is 1. The lowest BCUT2D eigenvalue weighted by Gasteiger charge is -2.11. The van der Waals surface area contributed by atoms with E-state index in [1.165, 1.54) is 6.07 Å². The van der Waals surface area contributed by atoms with Gasteiger partial charge in [-0.3, -0.25) is 25.8 Å². The Morgan fingerprint density at radius 3 is 2.52 bits per heavy atom. The third kappa shape index (κ3) is 6.69. The van der Waals surface area contributed by atoms with Crippen LogP contribution in [0.3, 0.4) is 0 Å². The molecule has 2 aromatic carbocycles. The van der Waals surface area contributed by atoms with E-state index < -0.39 is 11.8 Å². The molecule has 2 amide bonds. The van der Waals surface area contributed by atoms with Gasteiger partial charge in [0.1, 0.15) is 5.75 Å². The molecule has 0 heterocycles. The lowest BCUT2D eigenvalue weighted by molar-refractivity contribution is -0.123. The second-order valence-electron chi connectivity index (χ2n) is 4.71. The number of nitrogens with one attached hydrogen (secondary N) is 3. The highest BCUT2D eigenvalue weighted by Crippen LogP contribution is 2.15. The molecule has 0 saturated carbocycles. The molecular weight excluding hydrogens is 430 g/mol. The Bertz CT molecular complexity index is 786. The van der Waals surface area contributed by atoms with Gasteiger partial charge in [0.25, 0.3) is 11.8 Å². The third-order valence-corrected chi connectivity index (χ3v) is 3.78. The van der Waals surface area contributed by atoms with Gasteiger partial charge < -0.3 is 4.74 Å². The second kappa shape index (κ2) is 9.36. The molecule has 0 radical (unpaired) electrons. The first-order valence-corrected chi connectivity index (χ1v) is 8.56. The van der Waals surface area contributed by atoms with Crippen LogP contribution >= 0.6 is 39.7 Å². The van der Waals surface area contributed by atoms with E-state index in [9.17, 15) is 9.59 Å². The molecule has 3 N–H and O–H groups in total. The van der Waals surface area contributed by atoms with Crippen LogP contribution in [-0.4, -0.2) is 23.5 Å². The Kier molecular flexibility index (Phi) is 7.17. The number of benzene rings is 2. The van der Waals surface area contributed by atoms with Crippen molar-refractivity contribution in [2.75, 3.05) is 6.61 Å². The lowest BCUT2D eigenvalue weighted by atomic mass is 10.2. The summed E-state index contributed by atoms with van der Waals surface area (Å²) in [5.74, 6) is -0.349. The summed E-state index contributed by atoms with van der Waals surface area (Å²) in [6.45, 7) is -0.209. The van der Waals surface area contributed by atoms with Crippen LogP contribution < -0.4 is 20.9 Å². The molecule has 6 nitrogen and oxygen atoms in total. The zero-order chi connectivity index (χ0) is 18.2. The number of hydrazine groups is 1. The number of hydrogen-bond acceptors (Lipinski definition) is 4. The number of carbonyl (C=O) groups is 2. The van der Waals surface area contributed by atoms with Crippen molar-refractivity contribution < 1.29 is 14.3 Å². The van der Waals surface area contributed by atoms with Crippen molar-refractivity contribution in [1.82, 2.24) is 16.2 Å². The monoisotopic (exact) mass is 441 g/mol. The van der Waals surface area contributed by atoms with Gasteiger partial charge in [0.05, 0.1) is 0 Å². The summed E-state index contributed by atoms with van der Waals surface area (Å²) in [7, 11) is 0. The lowest BCUT2D eigenvalue weighted by Crippen LogP contribution is -2.49. The van der Waals surface area contributed by atoms with Crippen LogP contribution in [0.2, 0.25) is 5.02 Å². The topological polar surface area (TPSA) is 79.5 Å². The maximum atomic E-state index is 12.0. The van der Waals surface area contributed by atoms with Gasteiger partial charge in [0.15, 0.2) is 11.7 Å². The van der Waals surface area contributed by atoms with Gasteiger partial charge in [-0.05, 0) is 54.7 Å². The summed E-state index contributed by atoms with van der Waals surface area (Å²) in [5, 5.41) is 2.80. The van der Waals surface area contributed by atoms with Gasteiger partial charge in [-0.2, -0.15) is 0 Å². The second-order valence-corrected chi connectivity index (χ2v) is 6.47. The largest absolute Gasteiger partial charge is 0.484 e. The molecule has 0 bridgehead atoms. The zero-order valence-corrected chi connectivity index (χ0v) is 15.9. The number of carbonyl (C=O) groups excluding carboxylic acids is 2. The summed E-state index contributed by atoms with van der Waals surface area (Å²) in [5.41, 5.74) is 5.10. The summed E-state index contributed by atoms with van der Waals surface area (Å²) in [6, 6.07) is 13.4. The standard InChI is InChI=1S/C16H13BrClN3O3S/c17-11-4-6-13(7-5-11)24-9-14(22)20-21-16(25)19-15(23)10-2-1-3-12(18)8-10/h1-8H,9H2,(H,20,22)(H2,19,21,23,25). The quantitative estimate of drug-likeness (QED) is 0.501. The fourth-order valence-electron chi connectivity index (χ4n) is 1.68. The molecule has 0 unspecified atom stereocenters. The van der Waals surface area contributed by atoms with Gasteiger partial charge in [-0.25, -0.2) is 0 Å². The van der Waals surface area contributed by atoms with E-state index >= 15 is 0 Å². The van der Waals surface area contributed by atoms with Gasteiger partial charge in [0, 0.05) is 15.1 Å². The average molecular weight is 443 g/mol. The first-order valence-electron chi connectivity index (χ1n) is 6.98. The Hall–Kier alpha value is -2.16. The van der Waals surface area contributed by atoms with E-state index in [0.29, 0.717) is 16.3 Å². The van der Waals surface area contributed by atoms with E-state index in [1.54, 1.807) is 42.5 Å². The van der Waals surface area contributed by atoms with Gasteiger partial charge in [-0.15, -0.1) is 0 Å². The highest BCUT2D eigenvalue weighted by Gasteiger charge is 2.09. The van der Waals surface area contributed by atoms with E-state index in [-0.39, 0.29) is 11.7 Å². The van der Waals surface area contributed by atoms with Crippen molar-refractivity contribution in [3.8, 4) is 5.75 Å². The molecule has 0 aliphatic heterocycles. The van der Waals surface area contributed by atoms with Crippen LogP contribution in [0.25, 0.3) is 0 Å². The Morgan fingerprint density at radius 2 is 1.84 bits per heavy atom. The van der Waals surface area contributed by atoms with Crippen LogP contribution in [0.5, 0.6) is 5.75 Å². The normalized spacial score (nSPS) is 9.84. The molecule has 0 atom stereocenters. The SMILES string of the molecule is O=C(COc1ccc(Br)cc1)NNC(=S)NC(=O)c1cccc(Cl)c1. The number of amides is 2.